The van der Waals surface area contributed by atoms with E-state index in [0.717, 1.165) is 0 Å². The first-order valence-corrected chi connectivity index (χ1v) is 5.56. The third-order valence-electron chi connectivity index (χ3n) is 3.34. The van der Waals surface area contributed by atoms with Gasteiger partial charge in [0.05, 0.1) is 13.2 Å². The summed E-state index contributed by atoms with van der Waals surface area (Å²) in [5.41, 5.74) is -1.87. The Morgan fingerprint density at radius 2 is 2.00 bits per heavy atom. The standard InChI is InChI=1S/C8H11FO3.C3H6O2/c1-12-7(11)8(9)4-2-3-5(10)6(4)8;1-2-3(4)5/h4-6,10H,2-3H2,1H3;2H2,1H3,(H,4,5)/t4-,5-,6-,8-;/m0./s1. The van der Waals surface area contributed by atoms with Gasteiger partial charge in [-0.1, -0.05) is 6.92 Å². The Bertz CT molecular complexity index is 319. The van der Waals surface area contributed by atoms with Gasteiger partial charge in [0, 0.05) is 18.3 Å². The lowest BCUT2D eigenvalue weighted by Crippen LogP contribution is -2.28. The number of halogens is 1. The van der Waals surface area contributed by atoms with Gasteiger partial charge >= 0.3 is 11.9 Å². The number of carboxylic acid groups (broad SMARTS) is 1. The number of rotatable bonds is 2. The van der Waals surface area contributed by atoms with Crippen molar-refractivity contribution in [2.75, 3.05) is 7.11 Å². The number of carboxylic acids is 1. The maximum Gasteiger partial charge on any atom is 0.344 e. The highest BCUT2D eigenvalue weighted by Gasteiger charge is 2.76. The molecule has 6 heteroatoms. The van der Waals surface area contributed by atoms with Crippen molar-refractivity contribution >= 4 is 11.9 Å². The molecular formula is C11H17FO5. The van der Waals surface area contributed by atoms with Crippen molar-refractivity contribution in [3.8, 4) is 0 Å². The molecule has 0 amide bonds. The Balaban J connectivity index is 0.000000249. The van der Waals surface area contributed by atoms with Gasteiger partial charge in [0.15, 0.2) is 0 Å². The molecule has 0 unspecified atom stereocenters. The molecule has 0 radical (unpaired) electrons. The minimum atomic E-state index is -1.87. The molecule has 0 spiro atoms. The van der Waals surface area contributed by atoms with Crippen LogP contribution in [0, 0.1) is 11.8 Å². The molecule has 0 aromatic carbocycles. The number of ether oxygens (including phenoxy) is 1. The number of methoxy groups -OCH3 is 1. The van der Waals surface area contributed by atoms with E-state index in [4.69, 9.17) is 5.11 Å². The number of hydrogen-bond donors (Lipinski definition) is 2. The van der Waals surface area contributed by atoms with Crippen LogP contribution in [-0.2, 0) is 14.3 Å². The molecule has 2 aliphatic rings. The molecule has 2 saturated carbocycles. The Kier molecular flexibility index (Phi) is 4.08. The lowest BCUT2D eigenvalue weighted by atomic mass is 10.1. The molecule has 2 rings (SSSR count). The summed E-state index contributed by atoms with van der Waals surface area (Å²) in [6.07, 6.45) is 0.772. The summed E-state index contributed by atoms with van der Waals surface area (Å²) in [6, 6.07) is 0. The number of carbonyl (C=O) groups is 2. The molecule has 17 heavy (non-hydrogen) atoms. The number of aliphatic carboxylic acids is 1. The van der Waals surface area contributed by atoms with Crippen LogP contribution in [0.2, 0.25) is 0 Å². The molecule has 4 atom stereocenters. The van der Waals surface area contributed by atoms with Gasteiger partial charge in [-0.3, -0.25) is 4.79 Å². The SMILES string of the molecule is CCC(=O)O.COC(=O)[C@@]1(F)[C@@H]2[C@@H](O)CC[C@@H]21. The van der Waals surface area contributed by atoms with Gasteiger partial charge in [0.2, 0.25) is 5.67 Å². The van der Waals surface area contributed by atoms with E-state index in [0.29, 0.717) is 12.8 Å². The van der Waals surface area contributed by atoms with E-state index in [1.165, 1.54) is 7.11 Å². The minimum absolute atomic E-state index is 0.222. The van der Waals surface area contributed by atoms with Crippen LogP contribution in [0.25, 0.3) is 0 Å². The van der Waals surface area contributed by atoms with Crippen molar-refractivity contribution in [3.63, 3.8) is 0 Å². The lowest BCUT2D eigenvalue weighted by Gasteiger charge is -2.11. The fraction of sp³-hybridized carbons (Fsp3) is 0.818. The second-order valence-electron chi connectivity index (χ2n) is 4.28. The van der Waals surface area contributed by atoms with E-state index < -0.39 is 29.6 Å². The molecule has 0 aliphatic heterocycles. The molecule has 0 aromatic rings. The highest BCUT2D eigenvalue weighted by Crippen LogP contribution is 2.63. The molecule has 0 bridgehead atoms. The van der Waals surface area contributed by atoms with Crippen LogP contribution in [-0.4, -0.2) is 41.0 Å². The van der Waals surface area contributed by atoms with Crippen LogP contribution in [0.4, 0.5) is 4.39 Å². The van der Waals surface area contributed by atoms with E-state index in [1.54, 1.807) is 6.92 Å². The van der Waals surface area contributed by atoms with Crippen LogP contribution >= 0.6 is 0 Å². The van der Waals surface area contributed by atoms with Crippen molar-refractivity contribution in [2.45, 2.75) is 38.0 Å². The summed E-state index contributed by atoms with van der Waals surface area (Å²) in [5, 5.41) is 17.0. The van der Waals surface area contributed by atoms with Crippen LogP contribution in [0.15, 0.2) is 0 Å². The monoisotopic (exact) mass is 248 g/mol. The first-order valence-electron chi connectivity index (χ1n) is 5.56. The predicted molar refractivity (Wildman–Crippen MR) is 56.0 cm³/mol. The van der Waals surface area contributed by atoms with Gasteiger partial charge in [-0.15, -0.1) is 0 Å². The molecule has 2 aliphatic carbocycles. The molecule has 98 valence electrons. The number of hydrogen-bond acceptors (Lipinski definition) is 4. The Hall–Kier alpha value is -1.17. The zero-order valence-electron chi connectivity index (χ0n) is 9.85. The van der Waals surface area contributed by atoms with Crippen LogP contribution in [0.3, 0.4) is 0 Å². The van der Waals surface area contributed by atoms with E-state index >= 15 is 0 Å². The highest BCUT2D eigenvalue weighted by atomic mass is 19.1. The van der Waals surface area contributed by atoms with Gasteiger partial charge in [-0.05, 0) is 12.8 Å². The molecule has 0 aromatic heterocycles. The third-order valence-corrected chi connectivity index (χ3v) is 3.34. The second kappa shape index (κ2) is 5.00. The van der Waals surface area contributed by atoms with E-state index in [9.17, 15) is 19.1 Å². The maximum absolute atomic E-state index is 13.6. The second-order valence-corrected chi connectivity index (χ2v) is 4.28. The summed E-state index contributed by atoms with van der Waals surface area (Å²) in [4.78, 5) is 20.3. The summed E-state index contributed by atoms with van der Waals surface area (Å²) in [7, 11) is 1.17. The number of carbonyl (C=O) groups excluding carboxylic acids is 1. The summed E-state index contributed by atoms with van der Waals surface area (Å²) in [6.45, 7) is 1.60. The van der Waals surface area contributed by atoms with Crippen LogP contribution in [0.5, 0.6) is 0 Å². The van der Waals surface area contributed by atoms with Crippen molar-refractivity contribution in [1.82, 2.24) is 0 Å². The third kappa shape index (κ3) is 2.41. The number of aliphatic hydroxyl groups is 1. The van der Waals surface area contributed by atoms with Gasteiger partial charge in [0.25, 0.3) is 0 Å². The van der Waals surface area contributed by atoms with Gasteiger partial charge in [0.1, 0.15) is 0 Å². The van der Waals surface area contributed by atoms with Gasteiger partial charge < -0.3 is 14.9 Å². The van der Waals surface area contributed by atoms with Gasteiger partial charge in [-0.2, -0.15) is 0 Å². The normalized spacial score (nSPS) is 37.5. The average molecular weight is 248 g/mol. The maximum atomic E-state index is 13.6. The average Bonchev–Trinajstić information content (AvgIpc) is 2.70. The fourth-order valence-corrected chi connectivity index (χ4v) is 2.36. The Labute approximate surface area is 98.6 Å². The van der Waals surface area contributed by atoms with Crippen molar-refractivity contribution in [1.29, 1.82) is 0 Å². The number of esters is 1. The predicted octanol–water partition coefficient (Wildman–Crippen LogP) is 0.749. The van der Waals surface area contributed by atoms with Crippen molar-refractivity contribution in [3.05, 3.63) is 0 Å². The fourth-order valence-electron chi connectivity index (χ4n) is 2.36. The topological polar surface area (TPSA) is 83.8 Å². The van der Waals surface area contributed by atoms with Crippen molar-refractivity contribution in [2.24, 2.45) is 11.8 Å². The van der Waals surface area contributed by atoms with Crippen LogP contribution < -0.4 is 0 Å². The Morgan fingerprint density at radius 3 is 2.29 bits per heavy atom. The zero-order chi connectivity index (χ0) is 13.2. The minimum Gasteiger partial charge on any atom is -0.481 e. The van der Waals surface area contributed by atoms with Crippen LogP contribution in [0.1, 0.15) is 26.2 Å². The zero-order valence-corrected chi connectivity index (χ0v) is 9.85. The van der Waals surface area contributed by atoms with E-state index in [2.05, 4.69) is 4.74 Å². The quantitative estimate of drug-likeness (QED) is 0.704. The summed E-state index contributed by atoms with van der Waals surface area (Å²) < 4.78 is 18.0. The molecule has 5 nitrogen and oxygen atoms in total. The first kappa shape index (κ1) is 13.9. The van der Waals surface area contributed by atoms with E-state index in [1.807, 2.05) is 0 Å². The molecule has 2 N–H and O–H groups in total. The van der Waals surface area contributed by atoms with Gasteiger partial charge in [-0.25, -0.2) is 9.18 Å². The lowest BCUT2D eigenvalue weighted by molar-refractivity contribution is -0.151. The smallest absolute Gasteiger partial charge is 0.344 e. The molecular weight excluding hydrogens is 231 g/mol. The summed E-state index contributed by atoms with van der Waals surface area (Å²) in [5.74, 6) is -2.36. The molecule has 0 saturated heterocycles. The number of aliphatic hydroxyl groups excluding tert-OH is 1. The largest absolute Gasteiger partial charge is 0.481 e. The highest BCUT2D eigenvalue weighted by molar-refractivity contribution is 5.85. The first-order chi connectivity index (χ1) is 7.89. The van der Waals surface area contributed by atoms with Crippen molar-refractivity contribution < 1.29 is 28.9 Å². The Morgan fingerprint density at radius 1 is 1.47 bits per heavy atom. The molecule has 0 heterocycles. The molecule has 2 fully saturated rings. The summed E-state index contributed by atoms with van der Waals surface area (Å²) >= 11 is 0. The van der Waals surface area contributed by atoms with E-state index in [-0.39, 0.29) is 12.3 Å². The number of fused-ring (bicyclic) bond motifs is 1. The number of alkyl halides is 1.